The molecule has 0 saturated heterocycles. The van der Waals surface area contributed by atoms with Crippen LogP contribution in [0.4, 0.5) is 24.5 Å². The lowest BCUT2D eigenvalue weighted by Gasteiger charge is -2.24. The predicted octanol–water partition coefficient (Wildman–Crippen LogP) is 5.98. The average molecular weight is 650 g/mol. The molecule has 0 fully saturated rings. The first kappa shape index (κ1) is 30.6. The topological polar surface area (TPSA) is 108 Å². The van der Waals surface area contributed by atoms with Crippen LogP contribution in [0.15, 0.2) is 84.2 Å². The molecule has 10 nitrogen and oxygen atoms in total. The standard InChI is InChI=1S/C32H23ClF3N5O5/c1-17-13-39(16-37-17)26-8-7-20(12-28(26)45-2)38-25-11-19(33)14-40(32(25)44)27(18-9-23(34)29(36)24(35)10-18)15-46-41-30(42)21-5-3-4-6-22(21)31(41)43/h3-14,16,27,38H,15H2,1-2H3. The van der Waals surface area contributed by atoms with E-state index in [1.54, 1.807) is 41.2 Å². The molecule has 1 atom stereocenters. The number of hydroxylamine groups is 2. The van der Waals surface area contributed by atoms with Gasteiger partial charge >= 0.3 is 0 Å². The normalized spacial score (nSPS) is 13.2. The Bertz CT molecular complexity index is 2020. The number of aromatic nitrogens is 3. The molecule has 0 bridgehead atoms. The maximum atomic E-state index is 14.4. The summed E-state index contributed by atoms with van der Waals surface area (Å²) >= 11 is 6.41. The maximum absolute atomic E-state index is 14.4. The summed E-state index contributed by atoms with van der Waals surface area (Å²) in [5, 5.41) is 3.52. The largest absolute Gasteiger partial charge is 0.494 e. The third-order valence-electron chi connectivity index (χ3n) is 7.30. The van der Waals surface area contributed by atoms with E-state index in [1.165, 1.54) is 31.5 Å². The molecule has 0 spiro atoms. The first-order chi connectivity index (χ1) is 22.0. The average Bonchev–Trinajstić information content (AvgIpc) is 3.58. The number of hydrogen-bond acceptors (Lipinski definition) is 7. The van der Waals surface area contributed by atoms with E-state index in [0.29, 0.717) is 34.3 Å². The number of carbonyl (C=O) groups excluding carboxylic acids is 2. The number of fused-ring (bicyclic) bond motifs is 1. The molecule has 234 valence electrons. The highest BCUT2D eigenvalue weighted by Gasteiger charge is 2.37. The van der Waals surface area contributed by atoms with Crippen LogP contribution in [0.2, 0.25) is 5.02 Å². The van der Waals surface area contributed by atoms with E-state index in [4.69, 9.17) is 21.2 Å². The predicted molar refractivity (Wildman–Crippen MR) is 161 cm³/mol. The van der Waals surface area contributed by atoms with Crippen molar-refractivity contribution in [1.82, 2.24) is 19.2 Å². The number of imidazole rings is 1. The number of nitrogens with one attached hydrogen (secondary N) is 1. The summed E-state index contributed by atoms with van der Waals surface area (Å²) in [5.74, 6) is -5.83. The number of hydrogen-bond donors (Lipinski definition) is 1. The molecule has 3 aromatic carbocycles. The second-order valence-electron chi connectivity index (χ2n) is 10.3. The van der Waals surface area contributed by atoms with Gasteiger partial charge in [0.15, 0.2) is 17.5 Å². The van der Waals surface area contributed by atoms with Gasteiger partial charge in [0.1, 0.15) is 18.0 Å². The number of rotatable bonds is 9. The van der Waals surface area contributed by atoms with Crippen LogP contribution in [0.5, 0.6) is 5.75 Å². The van der Waals surface area contributed by atoms with Crippen LogP contribution in [0.1, 0.15) is 38.0 Å². The van der Waals surface area contributed by atoms with E-state index in [9.17, 15) is 27.6 Å². The molecule has 0 saturated carbocycles. The van der Waals surface area contributed by atoms with Crippen molar-refractivity contribution in [2.45, 2.75) is 13.0 Å². The van der Waals surface area contributed by atoms with E-state index in [2.05, 4.69) is 10.3 Å². The van der Waals surface area contributed by atoms with Crippen LogP contribution in [-0.2, 0) is 4.84 Å². The van der Waals surface area contributed by atoms with E-state index in [-0.39, 0.29) is 27.4 Å². The van der Waals surface area contributed by atoms with Crippen molar-refractivity contribution in [3.63, 3.8) is 0 Å². The lowest BCUT2D eigenvalue weighted by atomic mass is 10.1. The molecule has 3 heterocycles. The zero-order valence-electron chi connectivity index (χ0n) is 24.1. The number of anilines is 2. The fraction of sp³-hybridized carbons (Fsp3) is 0.125. The van der Waals surface area contributed by atoms with Crippen molar-refractivity contribution < 1.29 is 32.3 Å². The van der Waals surface area contributed by atoms with Crippen LogP contribution in [-0.4, -0.2) is 44.7 Å². The number of aryl methyl sites for hydroxylation is 1. The highest BCUT2D eigenvalue weighted by Crippen LogP contribution is 2.30. The number of methoxy groups -OCH3 is 1. The smallest absolute Gasteiger partial charge is 0.285 e. The lowest BCUT2D eigenvalue weighted by molar-refractivity contribution is -0.0980. The molecule has 2 amide bonds. The van der Waals surface area contributed by atoms with Gasteiger partial charge in [0, 0.05) is 24.1 Å². The third kappa shape index (κ3) is 5.61. The van der Waals surface area contributed by atoms with Gasteiger partial charge in [-0.3, -0.25) is 19.2 Å². The molecule has 6 rings (SSSR count). The minimum atomic E-state index is -1.71. The molecular formula is C32H23ClF3N5O5. The summed E-state index contributed by atoms with van der Waals surface area (Å²) in [5.41, 5.74) is 1.10. The summed E-state index contributed by atoms with van der Waals surface area (Å²) in [6.45, 7) is 1.19. The fourth-order valence-corrected chi connectivity index (χ4v) is 5.31. The molecule has 1 N–H and O–H groups in total. The van der Waals surface area contributed by atoms with Crippen molar-refractivity contribution >= 4 is 34.8 Å². The van der Waals surface area contributed by atoms with Crippen molar-refractivity contribution in [2.75, 3.05) is 19.0 Å². The summed E-state index contributed by atoms with van der Waals surface area (Å²) < 4.78 is 51.1. The van der Waals surface area contributed by atoms with Gasteiger partial charge in [0.05, 0.1) is 47.0 Å². The Kier molecular flexibility index (Phi) is 8.11. The Morgan fingerprint density at radius 1 is 0.935 bits per heavy atom. The number of pyridine rings is 1. The quantitative estimate of drug-likeness (QED) is 0.155. The highest BCUT2D eigenvalue weighted by molar-refractivity contribution is 6.30. The van der Waals surface area contributed by atoms with Crippen molar-refractivity contribution in [3.8, 4) is 11.4 Å². The van der Waals surface area contributed by atoms with Gasteiger partial charge in [0.2, 0.25) is 0 Å². The molecule has 14 heteroatoms. The molecule has 2 aromatic heterocycles. The number of carbonyl (C=O) groups is 2. The number of imide groups is 1. The zero-order chi connectivity index (χ0) is 32.7. The van der Waals surface area contributed by atoms with Crippen LogP contribution >= 0.6 is 11.6 Å². The molecule has 1 aliphatic rings. The van der Waals surface area contributed by atoms with Gasteiger partial charge < -0.3 is 19.2 Å². The van der Waals surface area contributed by atoms with Crippen molar-refractivity contribution in [1.29, 1.82) is 0 Å². The number of halogens is 4. The number of ether oxygens (including phenoxy) is 1. The maximum Gasteiger partial charge on any atom is 0.285 e. The van der Waals surface area contributed by atoms with E-state index < -0.39 is 47.5 Å². The van der Waals surface area contributed by atoms with Crippen LogP contribution in [0, 0.1) is 24.4 Å². The van der Waals surface area contributed by atoms with Gasteiger partial charge in [-0.05, 0) is 55.0 Å². The second-order valence-corrected chi connectivity index (χ2v) is 10.7. The number of amides is 2. The molecular weight excluding hydrogens is 627 g/mol. The number of benzene rings is 3. The Balaban J connectivity index is 1.37. The molecule has 1 unspecified atom stereocenters. The van der Waals surface area contributed by atoms with Crippen LogP contribution < -0.4 is 15.6 Å². The minimum Gasteiger partial charge on any atom is -0.494 e. The fourth-order valence-electron chi connectivity index (χ4n) is 5.10. The van der Waals surface area contributed by atoms with E-state index in [0.717, 1.165) is 10.3 Å². The lowest BCUT2D eigenvalue weighted by Crippen LogP contribution is -2.35. The Morgan fingerprint density at radius 2 is 1.61 bits per heavy atom. The Hall–Kier alpha value is -5.40. The van der Waals surface area contributed by atoms with Crippen LogP contribution in [0.3, 0.4) is 0 Å². The van der Waals surface area contributed by atoms with Gasteiger partial charge in [-0.15, -0.1) is 5.06 Å². The third-order valence-corrected chi connectivity index (χ3v) is 7.51. The highest BCUT2D eigenvalue weighted by atomic mass is 35.5. The summed E-state index contributed by atoms with van der Waals surface area (Å²) in [7, 11) is 1.48. The van der Waals surface area contributed by atoms with Crippen LogP contribution in [0.25, 0.3) is 5.69 Å². The second kappa shape index (κ2) is 12.2. The zero-order valence-corrected chi connectivity index (χ0v) is 24.9. The van der Waals surface area contributed by atoms with Gasteiger partial charge in [-0.25, -0.2) is 18.2 Å². The number of nitrogens with zero attached hydrogens (tertiary/aromatic N) is 4. The minimum absolute atomic E-state index is 0.0355. The first-order valence-electron chi connectivity index (χ1n) is 13.7. The van der Waals surface area contributed by atoms with Crippen molar-refractivity contribution in [3.05, 3.63) is 135 Å². The molecule has 5 aromatic rings. The molecule has 0 aliphatic carbocycles. The molecule has 46 heavy (non-hydrogen) atoms. The van der Waals surface area contributed by atoms with Gasteiger partial charge in [0.25, 0.3) is 17.4 Å². The van der Waals surface area contributed by atoms with Crippen molar-refractivity contribution in [2.24, 2.45) is 0 Å². The summed E-state index contributed by atoms with van der Waals surface area (Å²) in [6.07, 6.45) is 4.63. The summed E-state index contributed by atoms with van der Waals surface area (Å²) in [6, 6.07) is 12.4. The van der Waals surface area contributed by atoms with E-state index >= 15 is 0 Å². The van der Waals surface area contributed by atoms with Gasteiger partial charge in [-0.1, -0.05) is 23.7 Å². The molecule has 0 radical (unpaired) electrons. The van der Waals surface area contributed by atoms with E-state index in [1.807, 2.05) is 13.1 Å². The SMILES string of the molecule is COc1cc(Nc2cc(Cl)cn(C(CON3C(=O)c4ccccc4C3=O)c3cc(F)c(F)c(F)c3)c2=O)ccc1-n1cnc(C)c1. The Morgan fingerprint density at radius 3 is 2.22 bits per heavy atom. The Labute approximate surface area is 264 Å². The van der Waals surface area contributed by atoms with Gasteiger partial charge in [-0.2, -0.15) is 0 Å². The molecule has 1 aliphatic heterocycles. The first-order valence-corrected chi connectivity index (χ1v) is 14.1. The summed E-state index contributed by atoms with van der Waals surface area (Å²) in [4.78, 5) is 49.4. The monoisotopic (exact) mass is 649 g/mol.